The van der Waals surface area contributed by atoms with Crippen molar-refractivity contribution in [1.29, 1.82) is 0 Å². The van der Waals surface area contributed by atoms with Crippen molar-refractivity contribution < 1.29 is 14.7 Å². The third kappa shape index (κ3) is 4.95. The second-order valence-corrected chi connectivity index (χ2v) is 3.18. The summed E-state index contributed by atoms with van der Waals surface area (Å²) in [5, 5.41) is 10.8. The van der Waals surface area contributed by atoms with Crippen molar-refractivity contribution in [3.05, 3.63) is 42.0 Å². The molecular formula is C12H13NO3. The van der Waals surface area contributed by atoms with Crippen molar-refractivity contribution in [2.75, 3.05) is 6.54 Å². The van der Waals surface area contributed by atoms with Crippen LogP contribution in [0.15, 0.2) is 36.4 Å². The van der Waals surface area contributed by atoms with Gasteiger partial charge in [-0.3, -0.25) is 9.59 Å². The van der Waals surface area contributed by atoms with E-state index >= 15 is 0 Å². The normalized spacial score (nSPS) is 10.2. The highest BCUT2D eigenvalue weighted by atomic mass is 16.4. The van der Waals surface area contributed by atoms with Crippen LogP contribution in [0.5, 0.6) is 0 Å². The maximum Gasteiger partial charge on any atom is 0.305 e. The first-order valence-corrected chi connectivity index (χ1v) is 4.91. The van der Waals surface area contributed by atoms with Gasteiger partial charge in [0.2, 0.25) is 5.91 Å². The fourth-order valence-electron chi connectivity index (χ4n) is 1.09. The lowest BCUT2D eigenvalue weighted by Crippen LogP contribution is -2.23. The molecule has 0 fully saturated rings. The van der Waals surface area contributed by atoms with Crippen LogP contribution in [-0.2, 0) is 9.59 Å². The Kier molecular flexibility index (Phi) is 4.79. The van der Waals surface area contributed by atoms with Crippen molar-refractivity contribution in [3.63, 3.8) is 0 Å². The fourth-order valence-corrected chi connectivity index (χ4v) is 1.09. The number of hydrogen-bond acceptors (Lipinski definition) is 2. The summed E-state index contributed by atoms with van der Waals surface area (Å²) in [7, 11) is 0. The molecule has 4 nitrogen and oxygen atoms in total. The van der Waals surface area contributed by atoms with E-state index in [0.29, 0.717) is 0 Å². The van der Waals surface area contributed by atoms with Gasteiger partial charge in [-0.2, -0.15) is 0 Å². The molecule has 0 aliphatic carbocycles. The standard InChI is InChI=1S/C12H13NO3/c14-11(13-9-8-12(15)16)7-6-10-4-2-1-3-5-10/h1-7H,8-9H2,(H,13,14)(H,15,16)/b7-6-. The number of amides is 1. The number of rotatable bonds is 5. The van der Waals surface area contributed by atoms with Crippen molar-refractivity contribution in [1.82, 2.24) is 5.32 Å². The summed E-state index contributed by atoms with van der Waals surface area (Å²) in [5.41, 5.74) is 0.927. The summed E-state index contributed by atoms with van der Waals surface area (Å²) in [6.45, 7) is 0.146. The minimum atomic E-state index is -0.924. The average molecular weight is 219 g/mol. The molecule has 1 aromatic carbocycles. The van der Waals surface area contributed by atoms with Gasteiger partial charge in [-0.05, 0) is 11.6 Å². The van der Waals surface area contributed by atoms with E-state index in [1.807, 2.05) is 30.3 Å². The zero-order valence-corrected chi connectivity index (χ0v) is 8.72. The number of carboxylic acids is 1. The lowest BCUT2D eigenvalue weighted by atomic mass is 10.2. The first-order valence-electron chi connectivity index (χ1n) is 4.91. The predicted molar refractivity (Wildman–Crippen MR) is 60.7 cm³/mol. The summed E-state index contributed by atoms with van der Waals surface area (Å²) in [4.78, 5) is 21.4. The maximum atomic E-state index is 11.2. The van der Waals surface area contributed by atoms with Crippen LogP contribution < -0.4 is 5.32 Å². The molecule has 4 heteroatoms. The van der Waals surface area contributed by atoms with Gasteiger partial charge in [0.05, 0.1) is 6.42 Å². The van der Waals surface area contributed by atoms with Gasteiger partial charge < -0.3 is 10.4 Å². The van der Waals surface area contributed by atoms with Crippen LogP contribution in [0.25, 0.3) is 6.08 Å². The first-order chi connectivity index (χ1) is 7.68. The molecular weight excluding hydrogens is 206 g/mol. The molecule has 1 amide bonds. The molecule has 0 aliphatic heterocycles. The van der Waals surface area contributed by atoms with E-state index in [0.717, 1.165) is 5.56 Å². The smallest absolute Gasteiger partial charge is 0.305 e. The Morgan fingerprint density at radius 3 is 2.56 bits per heavy atom. The molecule has 1 rings (SSSR count). The van der Waals surface area contributed by atoms with Crippen molar-refractivity contribution in [2.24, 2.45) is 0 Å². The first kappa shape index (κ1) is 12.0. The lowest BCUT2D eigenvalue weighted by molar-refractivity contribution is -0.136. The number of aliphatic carboxylic acids is 1. The lowest BCUT2D eigenvalue weighted by Gasteiger charge is -1.98. The second kappa shape index (κ2) is 6.40. The van der Waals surface area contributed by atoms with Gasteiger partial charge in [0.25, 0.3) is 0 Å². The van der Waals surface area contributed by atoms with E-state index in [9.17, 15) is 9.59 Å². The summed E-state index contributed by atoms with van der Waals surface area (Å²) in [6.07, 6.45) is 3.00. The Bertz CT molecular complexity index is 385. The Hall–Kier alpha value is -2.10. The Balaban J connectivity index is 2.34. The van der Waals surface area contributed by atoms with Crippen molar-refractivity contribution in [3.8, 4) is 0 Å². The van der Waals surface area contributed by atoms with E-state index in [1.54, 1.807) is 6.08 Å². The van der Waals surface area contributed by atoms with Crippen LogP contribution in [0.2, 0.25) is 0 Å². The maximum absolute atomic E-state index is 11.2. The summed E-state index contributed by atoms with van der Waals surface area (Å²) in [5.74, 6) is -1.21. The van der Waals surface area contributed by atoms with E-state index in [4.69, 9.17) is 5.11 Å². The molecule has 16 heavy (non-hydrogen) atoms. The highest BCUT2D eigenvalue weighted by Crippen LogP contribution is 2.00. The van der Waals surface area contributed by atoms with Crippen molar-refractivity contribution in [2.45, 2.75) is 6.42 Å². The number of carbonyl (C=O) groups is 2. The summed E-state index contributed by atoms with van der Waals surface area (Å²) >= 11 is 0. The minimum Gasteiger partial charge on any atom is -0.481 e. The zero-order valence-electron chi connectivity index (χ0n) is 8.72. The number of benzene rings is 1. The SMILES string of the molecule is O=C(O)CCNC(=O)/C=C\c1ccccc1. The van der Waals surface area contributed by atoms with Gasteiger partial charge in [-0.25, -0.2) is 0 Å². The largest absolute Gasteiger partial charge is 0.481 e. The molecule has 0 atom stereocenters. The number of carboxylic acid groups (broad SMARTS) is 1. The van der Waals surface area contributed by atoms with Gasteiger partial charge in [-0.1, -0.05) is 30.3 Å². The molecule has 1 aromatic rings. The third-order valence-electron chi connectivity index (χ3n) is 1.86. The molecule has 0 heterocycles. The van der Waals surface area contributed by atoms with Crippen LogP contribution in [0.1, 0.15) is 12.0 Å². The molecule has 0 bridgehead atoms. The topological polar surface area (TPSA) is 66.4 Å². The fraction of sp³-hybridized carbons (Fsp3) is 0.167. The van der Waals surface area contributed by atoms with Crippen LogP contribution in [0.3, 0.4) is 0 Å². The average Bonchev–Trinajstić information content (AvgIpc) is 2.27. The quantitative estimate of drug-likeness (QED) is 0.733. The van der Waals surface area contributed by atoms with Crippen LogP contribution in [-0.4, -0.2) is 23.5 Å². The Morgan fingerprint density at radius 1 is 1.25 bits per heavy atom. The minimum absolute atomic E-state index is 0.0646. The number of nitrogens with one attached hydrogen (secondary N) is 1. The summed E-state index contributed by atoms with van der Waals surface area (Å²) in [6, 6.07) is 9.40. The molecule has 0 spiro atoms. The van der Waals surface area contributed by atoms with Gasteiger partial charge in [0.1, 0.15) is 0 Å². The molecule has 84 valence electrons. The van der Waals surface area contributed by atoms with Gasteiger partial charge in [-0.15, -0.1) is 0 Å². The molecule has 0 aromatic heterocycles. The molecule has 0 saturated carbocycles. The zero-order chi connectivity index (χ0) is 11.8. The highest BCUT2D eigenvalue weighted by Gasteiger charge is 1.98. The molecule has 0 aliphatic rings. The molecule has 0 radical (unpaired) electrons. The van der Waals surface area contributed by atoms with E-state index in [2.05, 4.69) is 5.32 Å². The van der Waals surface area contributed by atoms with E-state index < -0.39 is 5.97 Å². The van der Waals surface area contributed by atoms with Crippen LogP contribution in [0.4, 0.5) is 0 Å². The summed E-state index contributed by atoms with van der Waals surface area (Å²) < 4.78 is 0. The molecule has 2 N–H and O–H groups in total. The number of hydrogen-bond donors (Lipinski definition) is 2. The monoisotopic (exact) mass is 219 g/mol. The van der Waals surface area contributed by atoms with E-state index in [1.165, 1.54) is 6.08 Å². The molecule has 0 unspecified atom stereocenters. The predicted octanol–water partition coefficient (Wildman–Crippen LogP) is 1.29. The molecule has 0 saturated heterocycles. The van der Waals surface area contributed by atoms with Gasteiger partial charge in [0.15, 0.2) is 0 Å². The van der Waals surface area contributed by atoms with Gasteiger partial charge in [0, 0.05) is 12.6 Å². The van der Waals surface area contributed by atoms with Gasteiger partial charge >= 0.3 is 5.97 Å². The number of carbonyl (C=O) groups excluding carboxylic acids is 1. The van der Waals surface area contributed by atoms with Crippen LogP contribution in [0, 0.1) is 0 Å². The third-order valence-corrected chi connectivity index (χ3v) is 1.86. The Labute approximate surface area is 93.6 Å². The second-order valence-electron chi connectivity index (χ2n) is 3.18. The van der Waals surface area contributed by atoms with Crippen LogP contribution >= 0.6 is 0 Å². The van der Waals surface area contributed by atoms with E-state index in [-0.39, 0.29) is 18.9 Å². The Morgan fingerprint density at radius 2 is 1.94 bits per heavy atom. The highest BCUT2D eigenvalue weighted by molar-refractivity contribution is 5.91. The van der Waals surface area contributed by atoms with Crippen molar-refractivity contribution >= 4 is 18.0 Å².